The van der Waals surface area contributed by atoms with Gasteiger partial charge in [-0.25, -0.2) is 4.98 Å². The van der Waals surface area contributed by atoms with Crippen molar-refractivity contribution in [1.82, 2.24) is 4.98 Å². The molecule has 0 bridgehead atoms. The fourth-order valence-electron chi connectivity index (χ4n) is 3.58. The molecular formula is C20H25N3O4S. The number of benzene rings is 1. The number of nitrogens with zero attached hydrogens (tertiary/aromatic N) is 2. The Morgan fingerprint density at radius 1 is 1.32 bits per heavy atom. The maximum absolute atomic E-state index is 12.4. The number of rotatable bonds is 5. The van der Waals surface area contributed by atoms with E-state index >= 15 is 0 Å². The Hall–Kier alpha value is -2.32. The minimum absolute atomic E-state index is 0.00249. The number of para-hydroxylation sites is 1. The first-order valence-electron chi connectivity index (χ1n) is 9.53. The fraction of sp³-hybridized carbons (Fsp3) is 0.500. The lowest BCUT2D eigenvalue weighted by molar-refractivity contribution is -0.116. The zero-order valence-electron chi connectivity index (χ0n) is 16.4. The molecule has 2 aliphatic rings. The SMILES string of the molecule is COc1cccc([C@@H]2CC(=O)Nc3nc(N4CCOCC4)sc32)c1OC(C)C. The van der Waals surface area contributed by atoms with E-state index < -0.39 is 0 Å². The smallest absolute Gasteiger partial charge is 0.226 e. The van der Waals surface area contributed by atoms with Gasteiger partial charge in [0.05, 0.1) is 31.3 Å². The largest absolute Gasteiger partial charge is 0.493 e. The van der Waals surface area contributed by atoms with Crippen LogP contribution in [0.5, 0.6) is 11.5 Å². The molecular weight excluding hydrogens is 378 g/mol. The van der Waals surface area contributed by atoms with E-state index in [1.54, 1.807) is 18.4 Å². The maximum atomic E-state index is 12.4. The van der Waals surface area contributed by atoms with Crippen LogP contribution in [-0.2, 0) is 9.53 Å². The number of nitrogens with one attached hydrogen (secondary N) is 1. The molecule has 0 saturated carbocycles. The standard InChI is InChI=1S/C20H25N3O4S/c1-12(2)27-17-13(5-4-6-15(17)25-3)14-11-16(24)21-19-18(14)28-20(22-19)23-7-9-26-10-8-23/h4-6,12,14H,7-11H2,1-3H3,(H,21,24)/t14-/m0/s1. The second-order valence-corrected chi connectivity index (χ2v) is 8.17. The van der Waals surface area contributed by atoms with E-state index in [0.717, 1.165) is 28.7 Å². The molecule has 1 aromatic heterocycles. The molecule has 1 aromatic carbocycles. The van der Waals surface area contributed by atoms with Gasteiger partial charge in [-0.15, -0.1) is 0 Å². The van der Waals surface area contributed by atoms with Crippen molar-refractivity contribution in [3.05, 3.63) is 28.6 Å². The van der Waals surface area contributed by atoms with Crippen molar-refractivity contribution in [3.63, 3.8) is 0 Å². The summed E-state index contributed by atoms with van der Waals surface area (Å²) in [5, 5.41) is 3.86. The number of anilines is 2. The summed E-state index contributed by atoms with van der Waals surface area (Å²) in [7, 11) is 1.63. The summed E-state index contributed by atoms with van der Waals surface area (Å²) < 4.78 is 17.1. The molecule has 2 aromatic rings. The first-order valence-corrected chi connectivity index (χ1v) is 10.3. The van der Waals surface area contributed by atoms with Gasteiger partial charge >= 0.3 is 0 Å². The van der Waals surface area contributed by atoms with Gasteiger partial charge in [-0.05, 0) is 19.9 Å². The number of ether oxygens (including phenoxy) is 3. The van der Waals surface area contributed by atoms with Gasteiger partial charge in [-0.1, -0.05) is 23.5 Å². The third-order valence-corrected chi connectivity index (χ3v) is 6.08. The van der Waals surface area contributed by atoms with E-state index in [-0.39, 0.29) is 17.9 Å². The molecule has 0 unspecified atom stereocenters. The zero-order valence-corrected chi connectivity index (χ0v) is 17.2. The van der Waals surface area contributed by atoms with Gasteiger partial charge in [0.15, 0.2) is 16.6 Å². The Morgan fingerprint density at radius 3 is 2.82 bits per heavy atom. The highest BCUT2D eigenvalue weighted by Crippen LogP contribution is 2.47. The monoisotopic (exact) mass is 403 g/mol. The van der Waals surface area contributed by atoms with Crippen molar-refractivity contribution < 1.29 is 19.0 Å². The lowest BCUT2D eigenvalue weighted by atomic mass is 9.90. The number of methoxy groups -OCH3 is 1. The molecule has 1 saturated heterocycles. The minimum Gasteiger partial charge on any atom is -0.493 e. The quantitative estimate of drug-likeness (QED) is 0.826. The van der Waals surface area contributed by atoms with Crippen LogP contribution in [0.4, 0.5) is 10.9 Å². The van der Waals surface area contributed by atoms with Crippen LogP contribution in [0, 0.1) is 0 Å². The highest BCUT2D eigenvalue weighted by Gasteiger charge is 2.34. The van der Waals surface area contributed by atoms with Crippen molar-refractivity contribution in [2.75, 3.05) is 43.6 Å². The molecule has 1 amide bonds. The van der Waals surface area contributed by atoms with Gasteiger partial charge in [0.25, 0.3) is 0 Å². The Labute approximate surface area is 168 Å². The molecule has 4 rings (SSSR count). The molecule has 0 spiro atoms. The van der Waals surface area contributed by atoms with E-state index in [1.165, 1.54) is 0 Å². The topological polar surface area (TPSA) is 72.9 Å². The summed E-state index contributed by atoms with van der Waals surface area (Å²) in [6.07, 6.45) is 0.358. The van der Waals surface area contributed by atoms with Crippen LogP contribution in [0.3, 0.4) is 0 Å². The summed E-state index contributed by atoms with van der Waals surface area (Å²) in [4.78, 5) is 20.4. The van der Waals surface area contributed by atoms with Crippen LogP contribution in [-0.4, -0.2) is 50.4 Å². The van der Waals surface area contributed by atoms with Gasteiger partial charge in [0.2, 0.25) is 5.91 Å². The van der Waals surface area contributed by atoms with Crippen LogP contribution >= 0.6 is 11.3 Å². The lowest BCUT2D eigenvalue weighted by Crippen LogP contribution is -2.36. The summed E-state index contributed by atoms with van der Waals surface area (Å²) in [5.41, 5.74) is 0.960. The zero-order chi connectivity index (χ0) is 19.7. The summed E-state index contributed by atoms with van der Waals surface area (Å²) >= 11 is 1.64. The Bertz CT molecular complexity index is 861. The first kappa shape index (κ1) is 19.0. The van der Waals surface area contributed by atoms with Crippen molar-refractivity contribution in [3.8, 4) is 11.5 Å². The second kappa shape index (κ2) is 7.97. The summed E-state index contributed by atoms with van der Waals surface area (Å²) in [5.74, 6) is 1.89. The van der Waals surface area contributed by atoms with E-state index in [9.17, 15) is 4.79 Å². The summed E-state index contributed by atoms with van der Waals surface area (Å²) in [6.45, 7) is 6.99. The van der Waals surface area contributed by atoms with Crippen molar-refractivity contribution in [2.24, 2.45) is 0 Å². The van der Waals surface area contributed by atoms with E-state index in [1.807, 2.05) is 32.0 Å². The predicted molar refractivity (Wildman–Crippen MR) is 109 cm³/mol. The van der Waals surface area contributed by atoms with Gasteiger partial charge in [0.1, 0.15) is 5.82 Å². The number of amides is 1. The first-order chi connectivity index (χ1) is 13.6. The highest BCUT2D eigenvalue weighted by molar-refractivity contribution is 7.16. The van der Waals surface area contributed by atoms with E-state index in [4.69, 9.17) is 19.2 Å². The van der Waals surface area contributed by atoms with Crippen LogP contribution in [0.1, 0.15) is 36.6 Å². The van der Waals surface area contributed by atoms with Crippen molar-refractivity contribution in [2.45, 2.75) is 32.3 Å². The van der Waals surface area contributed by atoms with Gasteiger partial charge < -0.3 is 24.4 Å². The summed E-state index contributed by atoms with van der Waals surface area (Å²) in [6, 6.07) is 5.84. The lowest BCUT2D eigenvalue weighted by Gasteiger charge is -2.26. The van der Waals surface area contributed by atoms with Crippen LogP contribution in [0.2, 0.25) is 0 Å². The molecule has 7 nitrogen and oxygen atoms in total. The number of fused-ring (bicyclic) bond motifs is 1. The molecule has 28 heavy (non-hydrogen) atoms. The van der Waals surface area contributed by atoms with Gasteiger partial charge in [-0.3, -0.25) is 4.79 Å². The van der Waals surface area contributed by atoms with Crippen molar-refractivity contribution in [1.29, 1.82) is 0 Å². The number of carbonyl (C=O) groups excluding carboxylic acids is 1. The average molecular weight is 404 g/mol. The predicted octanol–water partition coefficient (Wildman–Crippen LogP) is 3.25. The molecule has 8 heteroatoms. The molecule has 150 valence electrons. The third kappa shape index (κ3) is 3.66. The Morgan fingerprint density at radius 2 is 2.11 bits per heavy atom. The number of thiazole rings is 1. The highest BCUT2D eigenvalue weighted by atomic mass is 32.1. The molecule has 1 N–H and O–H groups in total. The van der Waals surface area contributed by atoms with Gasteiger partial charge in [-0.2, -0.15) is 0 Å². The minimum atomic E-state index is -0.111. The molecule has 3 heterocycles. The van der Waals surface area contributed by atoms with Crippen LogP contribution in [0.15, 0.2) is 18.2 Å². The number of hydrogen-bond donors (Lipinski definition) is 1. The fourth-order valence-corrected chi connectivity index (χ4v) is 4.77. The van der Waals surface area contributed by atoms with E-state index in [2.05, 4.69) is 10.2 Å². The van der Waals surface area contributed by atoms with Crippen LogP contribution in [0.25, 0.3) is 0 Å². The Kier molecular flexibility index (Phi) is 5.41. The number of aromatic nitrogens is 1. The molecule has 0 radical (unpaired) electrons. The third-order valence-electron chi connectivity index (χ3n) is 4.85. The van der Waals surface area contributed by atoms with Gasteiger partial charge in [0, 0.05) is 31.0 Å². The molecule has 2 aliphatic heterocycles. The number of hydrogen-bond acceptors (Lipinski definition) is 7. The number of carbonyl (C=O) groups is 1. The average Bonchev–Trinajstić information content (AvgIpc) is 3.12. The molecule has 1 atom stereocenters. The normalized spacial score (nSPS) is 19.4. The second-order valence-electron chi connectivity index (χ2n) is 7.16. The molecule has 0 aliphatic carbocycles. The number of morpholine rings is 1. The van der Waals surface area contributed by atoms with Crippen molar-refractivity contribution >= 4 is 28.2 Å². The van der Waals surface area contributed by atoms with E-state index in [0.29, 0.717) is 37.0 Å². The molecule has 1 fully saturated rings. The van der Waals surface area contributed by atoms with Crippen LogP contribution < -0.4 is 19.7 Å². The maximum Gasteiger partial charge on any atom is 0.226 e. The Balaban J connectivity index is 1.76.